The topological polar surface area (TPSA) is 55.9 Å². The Kier molecular flexibility index (Phi) is 4.66. The first kappa shape index (κ1) is 16.3. The number of halogens is 2. The zero-order valence-corrected chi connectivity index (χ0v) is 14.3. The van der Waals surface area contributed by atoms with Crippen LogP contribution in [0.1, 0.15) is 62.7 Å². The van der Waals surface area contributed by atoms with Gasteiger partial charge in [0, 0.05) is 18.7 Å². The second-order valence-electron chi connectivity index (χ2n) is 5.69. The SMILES string of the molecule is CC(C)c1nn(C)c(Cl)c1C(O)c1c(Cl)cnn1C(C)C. The number of aromatic nitrogens is 4. The molecule has 0 saturated heterocycles. The molecule has 0 aromatic carbocycles. The fraction of sp³-hybridized carbons (Fsp3) is 0.571. The zero-order valence-electron chi connectivity index (χ0n) is 12.8. The lowest BCUT2D eigenvalue weighted by Crippen LogP contribution is -2.14. The molecule has 1 N–H and O–H groups in total. The summed E-state index contributed by atoms with van der Waals surface area (Å²) in [4.78, 5) is 0. The van der Waals surface area contributed by atoms with Crippen molar-refractivity contribution in [1.29, 1.82) is 0 Å². The Morgan fingerprint density at radius 1 is 1.19 bits per heavy atom. The largest absolute Gasteiger partial charge is 0.382 e. The Morgan fingerprint density at radius 3 is 2.33 bits per heavy atom. The first-order valence-electron chi connectivity index (χ1n) is 6.88. The van der Waals surface area contributed by atoms with Gasteiger partial charge in [-0.2, -0.15) is 10.2 Å². The van der Waals surface area contributed by atoms with Crippen molar-refractivity contribution in [1.82, 2.24) is 19.6 Å². The van der Waals surface area contributed by atoms with Gasteiger partial charge in [-0.1, -0.05) is 37.0 Å². The number of aryl methyl sites for hydroxylation is 1. The predicted octanol–water partition coefficient (Wildman–Crippen LogP) is 3.71. The first-order chi connectivity index (χ1) is 9.75. The molecule has 0 saturated carbocycles. The van der Waals surface area contributed by atoms with Crippen LogP contribution in [-0.4, -0.2) is 24.7 Å². The lowest BCUT2D eigenvalue weighted by atomic mass is 10.0. The van der Waals surface area contributed by atoms with Crippen molar-refractivity contribution in [3.05, 3.63) is 33.3 Å². The fourth-order valence-electron chi connectivity index (χ4n) is 2.37. The summed E-state index contributed by atoms with van der Waals surface area (Å²) >= 11 is 12.5. The summed E-state index contributed by atoms with van der Waals surface area (Å²) in [6.07, 6.45) is 0.584. The van der Waals surface area contributed by atoms with Crippen LogP contribution in [0, 0.1) is 0 Å². The van der Waals surface area contributed by atoms with E-state index in [4.69, 9.17) is 23.2 Å². The molecule has 0 aliphatic rings. The third kappa shape index (κ3) is 2.82. The maximum absolute atomic E-state index is 10.8. The average molecular weight is 331 g/mol. The van der Waals surface area contributed by atoms with E-state index in [1.165, 1.54) is 0 Å². The molecule has 2 heterocycles. The Balaban J connectivity index is 2.60. The Bertz CT molecular complexity index is 646. The number of aliphatic hydroxyl groups excluding tert-OH is 1. The van der Waals surface area contributed by atoms with Crippen molar-refractivity contribution >= 4 is 23.2 Å². The number of hydrogen-bond donors (Lipinski definition) is 1. The van der Waals surface area contributed by atoms with Gasteiger partial charge in [-0.3, -0.25) is 9.36 Å². The van der Waals surface area contributed by atoms with Crippen LogP contribution in [0.5, 0.6) is 0 Å². The molecule has 1 atom stereocenters. The van der Waals surface area contributed by atoms with Gasteiger partial charge in [0.05, 0.1) is 22.6 Å². The predicted molar refractivity (Wildman–Crippen MR) is 84.0 cm³/mol. The molecular weight excluding hydrogens is 311 g/mol. The second kappa shape index (κ2) is 5.99. The Morgan fingerprint density at radius 2 is 1.81 bits per heavy atom. The van der Waals surface area contributed by atoms with E-state index in [2.05, 4.69) is 10.2 Å². The summed E-state index contributed by atoms with van der Waals surface area (Å²) in [6, 6.07) is 0.0834. The van der Waals surface area contributed by atoms with Gasteiger partial charge < -0.3 is 5.11 Å². The minimum Gasteiger partial charge on any atom is -0.382 e. The van der Waals surface area contributed by atoms with Crippen molar-refractivity contribution in [2.75, 3.05) is 0 Å². The zero-order chi connectivity index (χ0) is 15.9. The van der Waals surface area contributed by atoms with Crippen LogP contribution >= 0.6 is 23.2 Å². The van der Waals surface area contributed by atoms with E-state index in [0.29, 0.717) is 21.4 Å². The van der Waals surface area contributed by atoms with E-state index >= 15 is 0 Å². The van der Waals surface area contributed by atoms with E-state index in [1.54, 1.807) is 22.6 Å². The van der Waals surface area contributed by atoms with Crippen LogP contribution in [0.4, 0.5) is 0 Å². The van der Waals surface area contributed by atoms with E-state index in [1.807, 2.05) is 27.7 Å². The van der Waals surface area contributed by atoms with Crippen molar-refractivity contribution < 1.29 is 5.11 Å². The molecule has 0 amide bonds. The summed E-state index contributed by atoms with van der Waals surface area (Å²) in [5.41, 5.74) is 1.91. The highest BCUT2D eigenvalue weighted by Gasteiger charge is 2.29. The number of aliphatic hydroxyl groups is 1. The summed E-state index contributed by atoms with van der Waals surface area (Å²) in [6.45, 7) is 7.98. The number of rotatable bonds is 4. The van der Waals surface area contributed by atoms with Gasteiger partial charge in [-0.05, 0) is 19.8 Å². The van der Waals surface area contributed by atoms with Crippen molar-refractivity contribution in [2.45, 2.75) is 45.8 Å². The second-order valence-corrected chi connectivity index (χ2v) is 6.45. The number of hydrogen-bond acceptors (Lipinski definition) is 3. The maximum atomic E-state index is 10.8. The van der Waals surface area contributed by atoms with Crippen LogP contribution in [0.2, 0.25) is 10.2 Å². The smallest absolute Gasteiger partial charge is 0.133 e. The van der Waals surface area contributed by atoms with E-state index in [9.17, 15) is 5.11 Å². The van der Waals surface area contributed by atoms with Gasteiger partial charge in [-0.25, -0.2) is 0 Å². The van der Waals surface area contributed by atoms with Crippen LogP contribution in [0.15, 0.2) is 6.20 Å². The molecule has 0 aliphatic carbocycles. The van der Waals surface area contributed by atoms with Crippen LogP contribution in [0.25, 0.3) is 0 Å². The summed E-state index contributed by atoms with van der Waals surface area (Å²) in [7, 11) is 1.76. The third-order valence-electron chi connectivity index (χ3n) is 3.40. The standard InChI is InChI=1S/C14H20Cl2N4O/c1-7(2)11-10(14(16)19(5)18-11)13(21)12-9(15)6-17-20(12)8(3)4/h6-8,13,21H,1-5H3. The summed E-state index contributed by atoms with van der Waals surface area (Å²) in [5.74, 6) is 0.141. The van der Waals surface area contributed by atoms with Crippen LogP contribution in [-0.2, 0) is 7.05 Å². The molecule has 2 rings (SSSR count). The number of nitrogens with zero attached hydrogens (tertiary/aromatic N) is 4. The summed E-state index contributed by atoms with van der Waals surface area (Å²) in [5, 5.41) is 20.3. The normalized spacial score (nSPS) is 13.4. The average Bonchev–Trinajstić information content (AvgIpc) is 2.91. The highest BCUT2D eigenvalue weighted by molar-refractivity contribution is 6.31. The van der Waals surface area contributed by atoms with Crippen molar-refractivity contribution in [3.63, 3.8) is 0 Å². The molecule has 0 radical (unpaired) electrons. The van der Waals surface area contributed by atoms with Crippen molar-refractivity contribution in [3.8, 4) is 0 Å². The molecule has 0 spiro atoms. The third-order valence-corrected chi connectivity index (χ3v) is 4.13. The van der Waals surface area contributed by atoms with Gasteiger partial charge in [0.2, 0.25) is 0 Å². The molecular formula is C14H20Cl2N4O. The molecule has 21 heavy (non-hydrogen) atoms. The van der Waals surface area contributed by atoms with Gasteiger partial charge in [0.25, 0.3) is 0 Å². The maximum Gasteiger partial charge on any atom is 0.133 e. The lowest BCUT2D eigenvalue weighted by Gasteiger charge is -2.18. The molecule has 0 aliphatic heterocycles. The highest BCUT2D eigenvalue weighted by Crippen LogP contribution is 2.37. The molecule has 2 aromatic rings. The fourth-order valence-corrected chi connectivity index (χ4v) is 2.85. The molecule has 0 fully saturated rings. The molecule has 7 heteroatoms. The lowest BCUT2D eigenvalue weighted by molar-refractivity contribution is 0.203. The quantitative estimate of drug-likeness (QED) is 0.929. The van der Waals surface area contributed by atoms with E-state index in [0.717, 1.165) is 5.69 Å². The van der Waals surface area contributed by atoms with E-state index in [-0.39, 0.29) is 12.0 Å². The molecule has 2 aromatic heterocycles. The van der Waals surface area contributed by atoms with E-state index < -0.39 is 6.10 Å². The molecule has 1 unspecified atom stereocenters. The van der Waals surface area contributed by atoms with Gasteiger partial charge in [0.1, 0.15) is 11.3 Å². The first-order valence-corrected chi connectivity index (χ1v) is 7.64. The van der Waals surface area contributed by atoms with Crippen molar-refractivity contribution in [2.24, 2.45) is 7.05 Å². The Hall–Kier alpha value is -1.04. The molecule has 116 valence electrons. The minimum atomic E-state index is -0.957. The van der Waals surface area contributed by atoms with Gasteiger partial charge in [-0.15, -0.1) is 0 Å². The molecule has 5 nitrogen and oxygen atoms in total. The highest BCUT2D eigenvalue weighted by atomic mass is 35.5. The summed E-state index contributed by atoms with van der Waals surface area (Å²) < 4.78 is 3.28. The van der Waals surface area contributed by atoms with Crippen LogP contribution < -0.4 is 0 Å². The van der Waals surface area contributed by atoms with Gasteiger partial charge in [0.15, 0.2) is 0 Å². The molecule has 0 bridgehead atoms. The monoisotopic (exact) mass is 330 g/mol. The van der Waals surface area contributed by atoms with Crippen LogP contribution in [0.3, 0.4) is 0 Å². The minimum absolute atomic E-state index is 0.0834. The Labute approximate surface area is 134 Å². The van der Waals surface area contributed by atoms with Gasteiger partial charge >= 0.3 is 0 Å².